The highest BCUT2D eigenvalue weighted by atomic mass is 16.7. The van der Waals surface area contributed by atoms with Crippen LogP contribution in [0.2, 0.25) is 0 Å². The second kappa shape index (κ2) is 8.21. The Kier molecular flexibility index (Phi) is 6.66. The van der Waals surface area contributed by atoms with Gasteiger partial charge >= 0.3 is 5.97 Å². The average molecular weight is 368 g/mol. The van der Waals surface area contributed by atoms with Gasteiger partial charge < -0.3 is 24.8 Å². The summed E-state index contributed by atoms with van der Waals surface area (Å²) in [6.07, 6.45) is 4.75. The van der Waals surface area contributed by atoms with Gasteiger partial charge in [-0.05, 0) is 6.92 Å². The summed E-state index contributed by atoms with van der Waals surface area (Å²) in [5.74, 6) is -2.44. The first-order valence-corrected chi connectivity index (χ1v) is 9.38. The van der Waals surface area contributed by atoms with Gasteiger partial charge in [-0.2, -0.15) is 0 Å². The topological polar surface area (TPSA) is 96.2 Å². The van der Waals surface area contributed by atoms with E-state index < -0.39 is 24.0 Å². The van der Waals surface area contributed by atoms with Gasteiger partial charge in [-0.1, -0.05) is 45.9 Å². The van der Waals surface area contributed by atoms with Gasteiger partial charge in [-0.3, -0.25) is 0 Å². The summed E-state index contributed by atoms with van der Waals surface area (Å²) in [4.78, 5) is 10.5. The van der Waals surface area contributed by atoms with Crippen molar-refractivity contribution in [1.82, 2.24) is 0 Å². The molecule has 148 valence electrons. The fourth-order valence-corrected chi connectivity index (χ4v) is 4.06. The molecule has 0 bridgehead atoms. The second-order valence-corrected chi connectivity index (χ2v) is 7.93. The fourth-order valence-electron chi connectivity index (χ4n) is 4.06. The molecule has 0 unspecified atom stereocenters. The number of rotatable bonds is 4. The predicted molar refractivity (Wildman–Crippen MR) is 97.4 cm³/mol. The molecule has 1 spiro atoms. The molecule has 0 saturated carbocycles. The first-order valence-electron chi connectivity index (χ1n) is 9.38. The third-order valence-corrected chi connectivity index (χ3v) is 6.11. The number of aliphatic carboxylic acids is 1. The van der Waals surface area contributed by atoms with E-state index in [1.807, 2.05) is 40.7 Å². The van der Waals surface area contributed by atoms with Crippen LogP contribution in [0, 0.1) is 23.7 Å². The third kappa shape index (κ3) is 4.19. The largest absolute Gasteiger partial charge is 0.478 e. The molecule has 6 heteroatoms. The highest BCUT2D eigenvalue weighted by molar-refractivity contribution is 5.80. The molecule has 0 amide bonds. The van der Waals surface area contributed by atoms with Crippen LogP contribution in [0.25, 0.3) is 0 Å². The minimum Gasteiger partial charge on any atom is -0.478 e. The molecule has 2 rings (SSSR count). The second-order valence-electron chi connectivity index (χ2n) is 7.93. The van der Waals surface area contributed by atoms with Crippen molar-refractivity contribution in [2.45, 2.75) is 71.2 Å². The number of hydrogen-bond donors (Lipinski definition) is 3. The van der Waals surface area contributed by atoms with E-state index in [2.05, 4.69) is 0 Å². The van der Waals surface area contributed by atoms with Crippen LogP contribution in [-0.4, -0.2) is 51.5 Å². The van der Waals surface area contributed by atoms with E-state index in [9.17, 15) is 15.0 Å². The molecule has 0 aromatic carbocycles. The van der Waals surface area contributed by atoms with E-state index in [-0.39, 0.29) is 35.9 Å². The molecule has 26 heavy (non-hydrogen) atoms. The molecule has 6 nitrogen and oxygen atoms in total. The van der Waals surface area contributed by atoms with Gasteiger partial charge in [-0.15, -0.1) is 0 Å². The number of hydrogen-bond acceptors (Lipinski definition) is 5. The SMILES string of the molecule is C[C@H]1[C@@H](O)[C@H](C)[C@]2(C[C@@H](O)[C@H](C)[C@@H](C)O2)O[C@H]1[C@@H](C)/C=C/C=C/C(=O)O. The molecular formula is C20H32O6. The number of ether oxygens (including phenoxy) is 2. The molecule has 0 aromatic heterocycles. The van der Waals surface area contributed by atoms with E-state index >= 15 is 0 Å². The van der Waals surface area contributed by atoms with E-state index in [1.54, 1.807) is 6.08 Å². The summed E-state index contributed by atoms with van der Waals surface area (Å²) in [7, 11) is 0. The van der Waals surface area contributed by atoms with E-state index in [1.165, 1.54) is 6.08 Å². The van der Waals surface area contributed by atoms with Crippen LogP contribution in [0.4, 0.5) is 0 Å². The van der Waals surface area contributed by atoms with Gasteiger partial charge in [-0.25, -0.2) is 4.79 Å². The van der Waals surface area contributed by atoms with Crippen molar-refractivity contribution in [3.05, 3.63) is 24.3 Å². The highest BCUT2D eigenvalue weighted by Gasteiger charge is 2.56. The highest BCUT2D eigenvalue weighted by Crippen LogP contribution is 2.47. The lowest BCUT2D eigenvalue weighted by Crippen LogP contribution is -2.64. The van der Waals surface area contributed by atoms with Crippen molar-refractivity contribution >= 4 is 5.97 Å². The Morgan fingerprint density at radius 1 is 1.12 bits per heavy atom. The van der Waals surface area contributed by atoms with Gasteiger partial charge in [0.25, 0.3) is 0 Å². The van der Waals surface area contributed by atoms with Crippen LogP contribution in [0.15, 0.2) is 24.3 Å². The molecule has 2 aliphatic heterocycles. The third-order valence-electron chi connectivity index (χ3n) is 6.11. The number of carboxylic acid groups (broad SMARTS) is 1. The first kappa shape index (κ1) is 21.1. The standard InChI is InChI=1S/C20H32O6/c1-11(8-6-7-9-17(22)23)19-13(3)18(24)14(4)20(26-19)10-16(21)12(2)15(5)25-20/h6-9,11-16,18-19,21,24H,10H2,1-5H3,(H,22,23)/b8-6+,9-7+/t11-,12+,13-,14-,15+,16+,18+,19-,20-/m0/s1. The Labute approximate surface area is 155 Å². The van der Waals surface area contributed by atoms with Crippen molar-refractivity contribution < 1.29 is 29.6 Å². The number of aliphatic hydroxyl groups excluding tert-OH is 2. The van der Waals surface area contributed by atoms with Crippen molar-refractivity contribution in [1.29, 1.82) is 0 Å². The molecule has 2 aliphatic rings. The minimum absolute atomic E-state index is 0.00448. The van der Waals surface area contributed by atoms with Gasteiger partial charge in [0.05, 0.1) is 24.4 Å². The molecule has 3 N–H and O–H groups in total. The lowest BCUT2D eigenvalue weighted by molar-refractivity contribution is -0.381. The summed E-state index contributed by atoms with van der Waals surface area (Å²) >= 11 is 0. The molecular weight excluding hydrogens is 336 g/mol. The smallest absolute Gasteiger partial charge is 0.328 e. The Bertz CT molecular complexity index is 545. The molecule has 0 aliphatic carbocycles. The summed E-state index contributed by atoms with van der Waals surface area (Å²) in [5.41, 5.74) is 0. The van der Waals surface area contributed by atoms with E-state index in [0.29, 0.717) is 6.42 Å². The number of aliphatic hydroxyl groups is 2. The zero-order chi connectivity index (χ0) is 19.6. The number of allylic oxidation sites excluding steroid dienone is 2. The van der Waals surface area contributed by atoms with Gasteiger partial charge in [0.15, 0.2) is 5.79 Å². The summed E-state index contributed by atoms with van der Waals surface area (Å²) in [6.45, 7) is 9.69. The Balaban J connectivity index is 2.21. The first-order chi connectivity index (χ1) is 12.1. The van der Waals surface area contributed by atoms with Crippen molar-refractivity contribution in [2.75, 3.05) is 0 Å². The van der Waals surface area contributed by atoms with Gasteiger partial charge in [0.2, 0.25) is 0 Å². The average Bonchev–Trinajstić information content (AvgIpc) is 2.57. The van der Waals surface area contributed by atoms with Crippen LogP contribution in [0.3, 0.4) is 0 Å². The lowest BCUT2D eigenvalue weighted by atomic mass is 9.73. The van der Waals surface area contributed by atoms with Crippen LogP contribution >= 0.6 is 0 Å². The van der Waals surface area contributed by atoms with E-state index in [4.69, 9.17) is 14.6 Å². The molecule has 9 atom stereocenters. The Hall–Kier alpha value is -1.21. The molecule has 2 heterocycles. The Morgan fingerprint density at radius 2 is 1.77 bits per heavy atom. The summed E-state index contributed by atoms with van der Waals surface area (Å²) in [5, 5.41) is 29.9. The normalized spacial score (nSPS) is 45.4. The van der Waals surface area contributed by atoms with Gasteiger partial charge in [0, 0.05) is 36.2 Å². The number of carbonyl (C=O) groups is 1. The van der Waals surface area contributed by atoms with Crippen LogP contribution < -0.4 is 0 Å². The van der Waals surface area contributed by atoms with E-state index in [0.717, 1.165) is 6.08 Å². The molecule has 0 radical (unpaired) electrons. The zero-order valence-electron chi connectivity index (χ0n) is 16.2. The van der Waals surface area contributed by atoms with Crippen LogP contribution in [0.1, 0.15) is 41.0 Å². The maximum absolute atomic E-state index is 10.8. The fraction of sp³-hybridized carbons (Fsp3) is 0.750. The van der Waals surface area contributed by atoms with Crippen molar-refractivity contribution in [3.8, 4) is 0 Å². The summed E-state index contributed by atoms with van der Waals surface area (Å²) in [6, 6.07) is 0. The molecule has 0 aromatic rings. The van der Waals surface area contributed by atoms with Crippen LogP contribution in [0.5, 0.6) is 0 Å². The number of carboxylic acids is 1. The van der Waals surface area contributed by atoms with Gasteiger partial charge in [0.1, 0.15) is 0 Å². The maximum Gasteiger partial charge on any atom is 0.328 e. The molecule has 2 fully saturated rings. The van der Waals surface area contributed by atoms with Crippen molar-refractivity contribution in [2.24, 2.45) is 23.7 Å². The minimum atomic E-state index is -1.01. The predicted octanol–water partition coefficient (Wildman–Crippen LogP) is 2.35. The lowest BCUT2D eigenvalue weighted by Gasteiger charge is -2.56. The van der Waals surface area contributed by atoms with Crippen molar-refractivity contribution in [3.63, 3.8) is 0 Å². The van der Waals surface area contributed by atoms with Crippen LogP contribution in [-0.2, 0) is 14.3 Å². The monoisotopic (exact) mass is 368 g/mol. The Morgan fingerprint density at radius 3 is 2.35 bits per heavy atom. The maximum atomic E-state index is 10.8. The quantitative estimate of drug-likeness (QED) is 0.521. The zero-order valence-corrected chi connectivity index (χ0v) is 16.2. The summed E-state index contributed by atoms with van der Waals surface area (Å²) < 4.78 is 12.6. The molecule has 2 saturated heterocycles.